The third-order valence-electron chi connectivity index (χ3n) is 2.96. The Balaban J connectivity index is 2.09. The van der Waals surface area contributed by atoms with Crippen LogP contribution in [-0.4, -0.2) is 28.3 Å². The van der Waals surface area contributed by atoms with Crippen LogP contribution in [0.2, 0.25) is 0 Å². The van der Waals surface area contributed by atoms with Gasteiger partial charge in [-0.1, -0.05) is 24.3 Å². The van der Waals surface area contributed by atoms with Gasteiger partial charge in [-0.2, -0.15) is 5.10 Å². The van der Waals surface area contributed by atoms with Crippen LogP contribution in [0.5, 0.6) is 0 Å². The Hall–Kier alpha value is -3.26. The molecule has 0 radical (unpaired) electrons. The van der Waals surface area contributed by atoms with Crippen LogP contribution in [0.1, 0.15) is 26.3 Å². The van der Waals surface area contributed by atoms with E-state index >= 15 is 0 Å². The summed E-state index contributed by atoms with van der Waals surface area (Å²) < 4.78 is 0. The Kier molecular flexibility index (Phi) is 5.58. The fourth-order valence-corrected chi connectivity index (χ4v) is 1.94. The molecule has 0 aromatic heterocycles. The van der Waals surface area contributed by atoms with E-state index in [4.69, 9.17) is 10.8 Å². The number of nitrogens with zero attached hydrogens (tertiary/aromatic N) is 1. The number of hydrazone groups is 1. The van der Waals surface area contributed by atoms with E-state index in [1.807, 2.05) is 0 Å². The number of rotatable bonds is 5. The van der Waals surface area contributed by atoms with Crippen LogP contribution in [0.3, 0.4) is 0 Å². The molecule has 1 amide bonds. The molecule has 0 saturated heterocycles. The number of hydrogen-bond donors (Lipinski definition) is 4. The highest BCUT2D eigenvalue weighted by Gasteiger charge is 2.15. The number of benzene rings is 2. The molecule has 8 heteroatoms. The van der Waals surface area contributed by atoms with Crippen molar-refractivity contribution in [1.82, 2.24) is 5.43 Å². The topological polar surface area (TPSA) is 117 Å². The van der Waals surface area contributed by atoms with Crippen molar-refractivity contribution >= 4 is 41.1 Å². The minimum Gasteiger partial charge on any atom is -0.478 e. The second-order valence-corrected chi connectivity index (χ2v) is 5.10. The van der Waals surface area contributed by atoms with Gasteiger partial charge < -0.3 is 16.2 Å². The number of carboxylic acids is 1. The van der Waals surface area contributed by atoms with E-state index in [-0.39, 0.29) is 16.2 Å². The maximum atomic E-state index is 12.2. The smallest absolute Gasteiger partial charge is 0.336 e. The fourth-order valence-electron chi connectivity index (χ4n) is 1.89. The van der Waals surface area contributed by atoms with Crippen LogP contribution in [0.25, 0.3) is 0 Å². The van der Waals surface area contributed by atoms with Crippen molar-refractivity contribution in [3.63, 3.8) is 0 Å². The van der Waals surface area contributed by atoms with Gasteiger partial charge in [-0.3, -0.25) is 10.2 Å². The molecule has 0 heterocycles. The van der Waals surface area contributed by atoms with Crippen molar-refractivity contribution < 1.29 is 14.7 Å². The minimum absolute atomic E-state index is 0.0532. The zero-order chi connectivity index (χ0) is 17.5. The second kappa shape index (κ2) is 7.84. The lowest BCUT2D eigenvalue weighted by Crippen LogP contribution is -2.23. The summed E-state index contributed by atoms with van der Waals surface area (Å²) in [5.74, 6) is -1.65. The number of nitrogens with two attached hydrogens (primary N) is 1. The number of aromatic carboxylic acids is 1. The molecule has 0 spiro atoms. The highest BCUT2D eigenvalue weighted by atomic mass is 32.1. The van der Waals surface area contributed by atoms with E-state index in [2.05, 4.69) is 28.1 Å². The molecule has 0 aliphatic heterocycles. The molecule has 0 aliphatic carbocycles. The van der Waals surface area contributed by atoms with E-state index in [1.54, 1.807) is 36.4 Å². The Morgan fingerprint density at radius 1 is 1.08 bits per heavy atom. The molecule has 0 aliphatic rings. The molecule has 2 rings (SSSR count). The van der Waals surface area contributed by atoms with Gasteiger partial charge in [0.15, 0.2) is 5.11 Å². The van der Waals surface area contributed by atoms with Gasteiger partial charge in [0.25, 0.3) is 5.91 Å². The van der Waals surface area contributed by atoms with Gasteiger partial charge in [-0.15, -0.1) is 0 Å². The van der Waals surface area contributed by atoms with Gasteiger partial charge in [0.05, 0.1) is 17.3 Å². The minimum atomic E-state index is -1.15. The molecular weight excluding hydrogens is 328 g/mol. The third kappa shape index (κ3) is 4.62. The average Bonchev–Trinajstić information content (AvgIpc) is 2.56. The van der Waals surface area contributed by atoms with E-state index in [9.17, 15) is 9.59 Å². The summed E-state index contributed by atoms with van der Waals surface area (Å²) in [6, 6.07) is 12.8. The lowest BCUT2D eigenvalue weighted by molar-refractivity contribution is 0.0692. The van der Waals surface area contributed by atoms with E-state index in [0.29, 0.717) is 5.69 Å². The molecule has 2 aromatic rings. The maximum Gasteiger partial charge on any atom is 0.336 e. The number of nitrogens with one attached hydrogen (secondary N) is 2. The molecule has 24 heavy (non-hydrogen) atoms. The SMILES string of the molecule is NC(=S)NN=Cc1ccc(NC(=O)c2ccccc2C(=O)O)cc1. The van der Waals surface area contributed by atoms with Crippen molar-refractivity contribution in [2.24, 2.45) is 10.8 Å². The monoisotopic (exact) mass is 342 g/mol. The van der Waals surface area contributed by atoms with Crippen molar-refractivity contribution in [2.45, 2.75) is 0 Å². The predicted octanol–water partition coefficient (Wildman–Crippen LogP) is 1.80. The first kappa shape index (κ1) is 17.1. The van der Waals surface area contributed by atoms with Crippen LogP contribution >= 0.6 is 12.2 Å². The third-order valence-corrected chi connectivity index (χ3v) is 3.05. The average molecular weight is 342 g/mol. The molecule has 5 N–H and O–H groups in total. The van der Waals surface area contributed by atoms with Crippen molar-refractivity contribution in [3.8, 4) is 0 Å². The Morgan fingerprint density at radius 3 is 2.29 bits per heavy atom. The zero-order valence-corrected chi connectivity index (χ0v) is 13.2. The number of amides is 1. The highest BCUT2D eigenvalue weighted by Crippen LogP contribution is 2.13. The standard InChI is InChI=1S/C16H14N4O3S/c17-16(24)20-18-9-10-5-7-11(8-6-10)19-14(21)12-3-1-2-4-13(12)15(22)23/h1-9H,(H,19,21)(H,22,23)(H3,17,20,24). The summed E-state index contributed by atoms with van der Waals surface area (Å²) in [5.41, 5.74) is 9.01. The highest BCUT2D eigenvalue weighted by molar-refractivity contribution is 7.80. The van der Waals surface area contributed by atoms with Gasteiger partial charge in [-0.25, -0.2) is 4.79 Å². The Labute approximate surface area is 143 Å². The molecule has 0 unspecified atom stereocenters. The summed E-state index contributed by atoms with van der Waals surface area (Å²) in [5, 5.41) is 15.7. The molecule has 2 aromatic carbocycles. The van der Waals surface area contributed by atoms with E-state index in [0.717, 1.165) is 5.56 Å². The Bertz CT molecular complexity index is 803. The summed E-state index contributed by atoms with van der Waals surface area (Å²) >= 11 is 4.62. The van der Waals surface area contributed by atoms with Crippen molar-refractivity contribution in [2.75, 3.05) is 5.32 Å². The first-order chi connectivity index (χ1) is 11.5. The molecular formula is C16H14N4O3S. The predicted molar refractivity (Wildman–Crippen MR) is 95.3 cm³/mol. The summed E-state index contributed by atoms with van der Waals surface area (Å²) in [4.78, 5) is 23.4. The molecule has 122 valence electrons. The van der Waals surface area contributed by atoms with Crippen LogP contribution < -0.4 is 16.5 Å². The quantitative estimate of drug-likeness (QED) is 0.374. The van der Waals surface area contributed by atoms with Crippen LogP contribution in [0, 0.1) is 0 Å². The van der Waals surface area contributed by atoms with E-state index in [1.165, 1.54) is 18.3 Å². The molecule has 7 nitrogen and oxygen atoms in total. The lowest BCUT2D eigenvalue weighted by atomic mass is 10.1. The summed E-state index contributed by atoms with van der Waals surface area (Å²) in [7, 11) is 0. The maximum absolute atomic E-state index is 12.2. The first-order valence-corrected chi connectivity index (χ1v) is 7.20. The summed E-state index contributed by atoms with van der Waals surface area (Å²) in [6.07, 6.45) is 1.52. The van der Waals surface area contributed by atoms with Gasteiger partial charge in [0.2, 0.25) is 0 Å². The van der Waals surface area contributed by atoms with Crippen LogP contribution in [0.15, 0.2) is 53.6 Å². The molecule has 0 bridgehead atoms. The van der Waals surface area contributed by atoms with Crippen LogP contribution in [-0.2, 0) is 0 Å². The van der Waals surface area contributed by atoms with Gasteiger partial charge >= 0.3 is 5.97 Å². The largest absolute Gasteiger partial charge is 0.478 e. The first-order valence-electron chi connectivity index (χ1n) is 6.79. The zero-order valence-electron chi connectivity index (χ0n) is 12.4. The normalized spacial score (nSPS) is 10.3. The van der Waals surface area contributed by atoms with Gasteiger partial charge in [0, 0.05) is 5.69 Å². The Morgan fingerprint density at radius 2 is 1.71 bits per heavy atom. The molecule has 0 saturated carbocycles. The van der Waals surface area contributed by atoms with Crippen molar-refractivity contribution in [3.05, 3.63) is 65.2 Å². The van der Waals surface area contributed by atoms with Crippen molar-refractivity contribution in [1.29, 1.82) is 0 Å². The van der Waals surface area contributed by atoms with Crippen LogP contribution in [0.4, 0.5) is 5.69 Å². The van der Waals surface area contributed by atoms with Gasteiger partial charge in [-0.05, 0) is 42.0 Å². The number of hydrogen-bond acceptors (Lipinski definition) is 4. The number of carboxylic acid groups (broad SMARTS) is 1. The van der Waals surface area contributed by atoms with E-state index < -0.39 is 11.9 Å². The number of thiocarbonyl (C=S) groups is 1. The second-order valence-electron chi connectivity index (χ2n) is 4.66. The fraction of sp³-hybridized carbons (Fsp3) is 0. The number of anilines is 1. The van der Waals surface area contributed by atoms with Gasteiger partial charge in [0.1, 0.15) is 0 Å². The number of carbonyl (C=O) groups is 2. The molecule has 0 fully saturated rings. The summed E-state index contributed by atoms with van der Waals surface area (Å²) in [6.45, 7) is 0. The number of carbonyl (C=O) groups excluding carboxylic acids is 1. The molecule has 0 atom stereocenters. The lowest BCUT2D eigenvalue weighted by Gasteiger charge is -2.08.